The third-order valence-corrected chi connectivity index (χ3v) is 8.60. The molecule has 0 unspecified atom stereocenters. The summed E-state index contributed by atoms with van der Waals surface area (Å²) in [6.07, 6.45) is 7.97. The average Bonchev–Trinajstić information content (AvgIpc) is 3.74. The summed E-state index contributed by atoms with van der Waals surface area (Å²) in [6.45, 7) is 0.552. The molecule has 0 spiro atoms. The first-order chi connectivity index (χ1) is 22.3. The number of nitrogens with one attached hydrogen (secondary N) is 1. The molecule has 0 radical (unpaired) electrons. The number of fused-ring (bicyclic) bond motifs is 2. The second-order valence-electron chi connectivity index (χ2n) is 10.2. The molecule has 2 aliphatic heterocycles. The van der Waals surface area contributed by atoms with Crippen LogP contribution in [0.4, 0.5) is 11.4 Å². The zero-order chi connectivity index (χ0) is 31.9. The van der Waals surface area contributed by atoms with Crippen molar-refractivity contribution in [3.05, 3.63) is 136 Å². The smallest absolute Gasteiger partial charge is 0.261 e. The van der Waals surface area contributed by atoms with Crippen LogP contribution in [0.5, 0.6) is 23.0 Å². The SMILES string of the molecule is Nc1ccc(/C=C/c2ccc3c(c2)OCO3)cc1.O=S(=O)(Nc1ccc(/C=C/c2ccc3c(c2)OCO3)cc1)c1ccc(Cl)cc1. The van der Waals surface area contributed by atoms with Crippen LogP contribution < -0.4 is 29.4 Å². The number of ether oxygens (including phenoxy) is 4. The van der Waals surface area contributed by atoms with E-state index in [1.54, 1.807) is 24.3 Å². The molecule has 0 saturated heterocycles. The minimum absolute atomic E-state index is 0.156. The molecule has 7 rings (SSSR count). The molecule has 2 aliphatic rings. The Labute approximate surface area is 272 Å². The Morgan fingerprint density at radius 3 is 1.52 bits per heavy atom. The van der Waals surface area contributed by atoms with Gasteiger partial charge in [-0.2, -0.15) is 0 Å². The lowest BCUT2D eigenvalue weighted by Gasteiger charge is -2.08. The lowest BCUT2D eigenvalue weighted by molar-refractivity contribution is 0.173. The van der Waals surface area contributed by atoms with Gasteiger partial charge >= 0.3 is 0 Å². The van der Waals surface area contributed by atoms with Crippen molar-refractivity contribution in [3.63, 3.8) is 0 Å². The maximum absolute atomic E-state index is 12.4. The van der Waals surface area contributed by atoms with E-state index >= 15 is 0 Å². The zero-order valence-corrected chi connectivity index (χ0v) is 26.0. The standard InChI is InChI=1S/C21H16ClNO4S.C15H13NO2/c22-17-6-10-19(11-7-17)28(24,25)23-18-8-3-15(4-9-18)1-2-16-5-12-20-21(13-16)27-14-26-20;16-13-6-3-11(4-7-13)1-2-12-5-8-14-15(9-12)18-10-17-14/h1-13,23H,14H2;1-9H,10,16H2/b2*2-1+. The molecular formula is C36H29ClN2O6S. The van der Waals surface area contributed by atoms with Gasteiger partial charge in [-0.1, -0.05) is 72.3 Å². The van der Waals surface area contributed by atoms with Gasteiger partial charge in [0, 0.05) is 16.4 Å². The monoisotopic (exact) mass is 652 g/mol. The molecule has 5 aromatic carbocycles. The fourth-order valence-electron chi connectivity index (χ4n) is 4.52. The summed E-state index contributed by atoms with van der Waals surface area (Å²) < 4.78 is 48.6. The van der Waals surface area contributed by atoms with Crippen molar-refractivity contribution < 1.29 is 27.4 Å². The van der Waals surface area contributed by atoms with E-state index in [4.69, 9.17) is 36.3 Å². The first kappa shape index (κ1) is 30.6. The molecule has 0 aromatic heterocycles. The molecule has 0 fully saturated rings. The number of nitrogen functional groups attached to an aromatic ring is 1. The van der Waals surface area contributed by atoms with Crippen LogP contribution in [0.3, 0.4) is 0 Å². The van der Waals surface area contributed by atoms with Crippen molar-refractivity contribution in [1.29, 1.82) is 0 Å². The van der Waals surface area contributed by atoms with Crippen LogP contribution in [0.15, 0.2) is 114 Å². The summed E-state index contributed by atoms with van der Waals surface area (Å²) in [6, 6.07) is 32.5. The Balaban J connectivity index is 0.000000178. The predicted molar refractivity (Wildman–Crippen MR) is 183 cm³/mol. The highest BCUT2D eigenvalue weighted by atomic mass is 35.5. The van der Waals surface area contributed by atoms with Gasteiger partial charge in [0.05, 0.1) is 4.90 Å². The minimum Gasteiger partial charge on any atom is -0.454 e. The number of halogens is 1. The van der Waals surface area contributed by atoms with Gasteiger partial charge in [0.1, 0.15) is 0 Å². The van der Waals surface area contributed by atoms with E-state index in [2.05, 4.69) is 4.72 Å². The molecule has 0 atom stereocenters. The van der Waals surface area contributed by atoms with Crippen molar-refractivity contribution in [2.24, 2.45) is 0 Å². The summed E-state index contributed by atoms with van der Waals surface area (Å²) in [7, 11) is -3.66. The van der Waals surface area contributed by atoms with E-state index in [-0.39, 0.29) is 11.7 Å². The molecule has 0 aliphatic carbocycles. The lowest BCUT2D eigenvalue weighted by atomic mass is 10.1. The number of anilines is 2. The normalized spacial score (nSPS) is 13.1. The molecule has 10 heteroatoms. The van der Waals surface area contributed by atoms with Gasteiger partial charge < -0.3 is 24.7 Å². The van der Waals surface area contributed by atoms with E-state index in [1.807, 2.05) is 97.1 Å². The first-order valence-electron chi connectivity index (χ1n) is 14.2. The minimum atomic E-state index is -3.66. The van der Waals surface area contributed by atoms with E-state index in [1.165, 1.54) is 12.1 Å². The van der Waals surface area contributed by atoms with Crippen molar-refractivity contribution in [3.8, 4) is 23.0 Å². The van der Waals surface area contributed by atoms with Crippen molar-refractivity contribution in [2.75, 3.05) is 24.0 Å². The largest absolute Gasteiger partial charge is 0.454 e. The van der Waals surface area contributed by atoms with Gasteiger partial charge in [-0.25, -0.2) is 8.42 Å². The molecule has 46 heavy (non-hydrogen) atoms. The molecular weight excluding hydrogens is 624 g/mol. The predicted octanol–water partition coefficient (Wildman–Crippen LogP) is 8.21. The van der Waals surface area contributed by atoms with Gasteiger partial charge in [-0.05, 0) is 95.1 Å². The molecule has 3 N–H and O–H groups in total. The number of sulfonamides is 1. The van der Waals surface area contributed by atoms with Gasteiger partial charge in [0.2, 0.25) is 13.6 Å². The second-order valence-corrected chi connectivity index (χ2v) is 12.4. The zero-order valence-electron chi connectivity index (χ0n) is 24.4. The Morgan fingerprint density at radius 1 is 0.565 bits per heavy atom. The summed E-state index contributed by atoms with van der Waals surface area (Å²) in [5.74, 6) is 3.08. The second kappa shape index (κ2) is 13.7. The van der Waals surface area contributed by atoms with Crippen LogP contribution in [0, 0.1) is 0 Å². The Hall–Kier alpha value is -5.38. The highest BCUT2D eigenvalue weighted by Crippen LogP contribution is 2.34. The van der Waals surface area contributed by atoms with Gasteiger partial charge in [-0.3, -0.25) is 4.72 Å². The van der Waals surface area contributed by atoms with Crippen molar-refractivity contribution in [1.82, 2.24) is 0 Å². The topological polar surface area (TPSA) is 109 Å². The van der Waals surface area contributed by atoms with E-state index in [0.29, 0.717) is 17.5 Å². The summed E-state index contributed by atoms with van der Waals surface area (Å²) in [5.41, 5.74) is 11.0. The third kappa shape index (κ3) is 7.82. The molecule has 8 nitrogen and oxygen atoms in total. The lowest BCUT2D eigenvalue weighted by Crippen LogP contribution is -2.12. The highest BCUT2D eigenvalue weighted by Gasteiger charge is 2.15. The molecule has 0 amide bonds. The summed E-state index contributed by atoms with van der Waals surface area (Å²) in [4.78, 5) is 0.156. The molecule has 0 bridgehead atoms. The fraction of sp³-hybridized carbons (Fsp3) is 0.0556. The highest BCUT2D eigenvalue weighted by molar-refractivity contribution is 7.92. The third-order valence-electron chi connectivity index (χ3n) is 6.95. The Bertz CT molecular complexity index is 1990. The first-order valence-corrected chi connectivity index (χ1v) is 16.1. The van der Waals surface area contributed by atoms with E-state index in [0.717, 1.165) is 50.9 Å². The van der Waals surface area contributed by atoms with Gasteiger partial charge in [0.15, 0.2) is 23.0 Å². The fourth-order valence-corrected chi connectivity index (χ4v) is 5.70. The molecule has 5 aromatic rings. The van der Waals surface area contributed by atoms with Gasteiger partial charge in [-0.15, -0.1) is 0 Å². The number of nitrogens with two attached hydrogens (primary N) is 1. The maximum atomic E-state index is 12.4. The van der Waals surface area contributed by atoms with Crippen LogP contribution in [-0.2, 0) is 10.0 Å². The quantitative estimate of drug-likeness (QED) is 0.135. The molecule has 2 heterocycles. The average molecular weight is 653 g/mol. The van der Waals surface area contributed by atoms with Crippen LogP contribution in [-0.4, -0.2) is 22.0 Å². The van der Waals surface area contributed by atoms with Gasteiger partial charge in [0.25, 0.3) is 10.0 Å². The number of benzene rings is 5. The van der Waals surface area contributed by atoms with Crippen molar-refractivity contribution in [2.45, 2.75) is 4.90 Å². The van der Waals surface area contributed by atoms with E-state index in [9.17, 15) is 8.42 Å². The Kier molecular flexibility index (Phi) is 9.14. The summed E-state index contributed by atoms with van der Waals surface area (Å²) >= 11 is 5.81. The molecule has 232 valence electrons. The van der Waals surface area contributed by atoms with Crippen molar-refractivity contribution >= 4 is 57.3 Å². The maximum Gasteiger partial charge on any atom is 0.261 e. The van der Waals surface area contributed by atoms with Crippen LogP contribution in [0.25, 0.3) is 24.3 Å². The van der Waals surface area contributed by atoms with Crippen LogP contribution >= 0.6 is 11.6 Å². The van der Waals surface area contributed by atoms with Crippen LogP contribution in [0.2, 0.25) is 5.02 Å². The van der Waals surface area contributed by atoms with Crippen LogP contribution in [0.1, 0.15) is 22.3 Å². The number of hydrogen-bond donors (Lipinski definition) is 2. The Morgan fingerprint density at radius 2 is 1.00 bits per heavy atom. The summed E-state index contributed by atoms with van der Waals surface area (Å²) in [5, 5.41) is 0.484. The van der Waals surface area contributed by atoms with E-state index < -0.39 is 10.0 Å². The molecule has 0 saturated carbocycles. The number of hydrogen-bond acceptors (Lipinski definition) is 7. The number of rotatable bonds is 7.